The fourth-order valence-corrected chi connectivity index (χ4v) is 3.95. The summed E-state index contributed by atoms with van der Waals surface area (Å²) in [4.78, 5) is 12.3. The molecule has 0 aromatic heterocycles. The quantitative estimate of drug-likeness (QED) is 0.671. The molecule has 0 aromatic carbocycles. The number of esters is 1. The second-order valence-electron chi connectivity index (χ2n) is 7.62. The Hall–Kier alpha value is -0.630. The molecule has 0 aliphatic heterocycles. The van der Waals surface area contributed by atoms with Gasteiger partial charge in [-0.05, 0) is 40.0 Å². The van der Waals surface area contributed by atoms with E-state index in [4.69, 9.17) is 4.74 Å². The lowest BCUT2D eigenvalue weighted by Crippen LogP contribution is -2.54. The van der Waals surface area contributed by atoms with E-state index in [0.717, 1.165) is 32.1 Å². The predicted molar refractivity (Wildman–Crippen MR) is 92.2 cm³/mol. The minimum Gasteiger partial charge on any atom is -0.466 e. The molecule has 0 saturated heterocycles. The van der Waals surface area contributed by atoms with E-state index in [0.29, 0.717) is 0 Å². The standard InChI is InChI=1S/C17H30F3NO3S/c1-5-24-15(22)13(11-12-9-7-6-8-10-12)14(17(18,19)20)21-25(23)16(2,3)4/h12-14,21H,5-11H2,1-4H3/t13-,14-,25-/m0/s1. The Labute approximate surface area is 150 Å². The van der Waals surface area contributed by atoms with Crippen LogP contribution in [0, 0.1) is 11.8 Å². The van der Waals surface area contributed by atoms with Gasteiger partial charge >= 0.3 is 12.1 Å². The Balaban J connectivity index is 3.04. The number of carbonyl (C=O) groups is 1. The van der Waals surface area contributed by atoms with Crippen LogP contribution in [0.5, 0.6) is 0 Å². The van der Waals surface area contributed by atoms with Crippen molar-refractivity contribution in [1.82, 2.24) is 4.72 Å². The molecule has 148 valence electrons. The van der Waals surface area contributed by atoms with Crippen LogP contribution in [0.15, 0.2) is 0 Å². The molecule has 1 rings (SSSR count). The van der Waals surface area contributed by atoms with Crippen LogP contribution in [0.25, 0.3) is 0 Å². The van der Waals surface area contributed by atoms with Crippen LogP contribution in [0.2, 0.25) is 0 Å². The third kappa shape index (κ3) is 7.25. The van der Waals surface area contributed by atoms with Gasteiger partial charge in [-0.3, -0.25) is 4.79 Å². The summed E-state index contributed by atoms with van der Waals surface area (Å²) in [6.45, 7) is 6.35. The van der Waals surface area contributed by atoms with E-state index in [-0.39, 0.29) is 18.9 Å². The highest BCUT2D eigenvalue weighted by atomic mass is 32.2. The SMILES string of the molecule is CCOC(=O)[C@@H](CC1CCCCC1)[C@H](N[S@@](=O)C(C)(C)C)C(F)(F)F. The van der Waals surface area contributed by atoms with Crippen LogP contribution in [0.1, 0.15) is 66.2 Å². The van der Waals surface area contributed by atoms with Crippen LogP contribution < -0.4 is 4.72 Å². The highest BCUT2D eigenvalue weighted by Crippen LogP contribution is 2.35. The van der Waals surface area contributed by atoms with E-state index in [2.05, 4.69) is 4.72 Å². The first-order valence-corrected chi connectivity index (χ1v) is 10.0. The van der Waals surface area contributed by atoms with Crippen molar-refractivity contribution in [3.63, 3.8) is 0 Å². The van der Waals surface area contributed by atoms with Crippen molar-refractivity contribution >= 4 is 17.0 Å². The number of nitrogens with one attached hydrogen (secondary N) is 1. The first-order valence-electron chi connectivity index (χ1n) is 8.88. The van der Waals surface area contributed by atoms with Crippen molar-refractivity contribution in [2.45, 2.75) is 83.2 Å². The Kier molecular flexibility index (Phi) is 8.38. The summed E-state index contributed by atoms with van der Waals surface area (Å²) >= 11 is 0. The van der Waals surface area contributed by atoms with Crippen molar-refractivity contribution in [2.24, 2.45) is 11.8 Å². The zero-order valence-electron chi connectivity index (χ0n) is 15.4. The van der Waals surface area contributed by atoms with E-state index in [9.17, 15) is 22.2 Å². The largest absolute Gasteiger partial charge is 0.466 e. The van der Waals surface area contributed by atoms with Gasteiger partial charge in [0, 0.05) is 0 Å². The summed E-state index contributed by atoms with van der Waals surface area (Å²) < 4.78 is 59.5. The highest BCUT2D eigenvalue weighted by molar-refractivity contribution is 7.84. The van der Waals surface area contributed by atoms with Gasteiger partial charge in [0.15, 0.2) is 0 Å². The maximum absolute atomic E-state index is 13.7. The molecular weight excluding hydrogens is 355 g/mol. The van der Waals surface area contributed by atoms with Crippen molar-refractivity contribution < 1.29 is 26.9 Å². The topological polar surface area (TPSA) is 55.4 Å². The summed E-state index contributed by atoms with van der Waals surface area (Å²) in [6, 6.07) is -2.17. The normalized spacial score (nSPS) is 20.8. The first kappa shape index (κ1) is 22.4. The lowest BCUT2D eigenvalue weighted by atomic mass is 9.80. The Morgan fingerprint density at radius 1 is 1.20 bits per heavy atom. The summed E-state index contributed by atoms with van der Waals surface area (Å²) in [5, 5.41) is 0. The van der Waals surface area contributed by atoms with E-state index >= 15 is 0 Å². The minimum absolute atomic E-state index is 0.0208. The number of hydrogen-bond acceptors (Lipinski definition) is 3. The van der Waals surface area contributed by atoms with Crippen molar-refractivity contribution in [3.8, 4) is 0 Å². The van der Waals surface area contributed by atoms with Gasteiger partial charge in [0.25, 0.3) is 0 Å². The summed E-state index contributed by atoms with van der Waals surface area (Å²) in [6.07, 6.45) is 0.0854. The van der Waals surface area contributed by atoms with Crippen molar-refractivity contribution in [3.05, 3.63) is 0 Å². The third-order valence-electron chi connectivity index (χ3n) is 4.45. The van der Waals surface area contributed by atoms with Crippen molar-refractivity contribution in [1.29, 1.82) is 0 Å². The van der Waals surface area contributed by atoms with Gasteiger partial charge in [0.05, 0.1) is 28.3 Å². The lowest BCUT2D eigenvalue weighted by Gasteiger charge is -2.33. The fraction of sp³-hybridized carbons (Fsp3) is 0.941. The average Bonchev–Trinajstić information content (AvgIpc) is 2.49. The molecule has 0 spiro atoms. The number of hydrogen-bond donors (Lipinski definition) is 1. The van der Waals surface area contributed by atoms with Crippen LogP contribution in [0.3, 0.4) is 0 Å². The molecule has 1 aliphatic rings. The Bertz CT molecular complexity index is 457. The molecule has 1 N–H and O–H groups in total. The van der Waals surface area contributed by atoms with Crippen LogP contribution in [-0.2, 0) is 20.5 Å². The molecule has 0 radical (unpaired) electrons. The molecule has 0 bridgehead atoms. The zero-order chi connectivity index (χ0) is 19.3. The van der Waals surface area contributed by atoms with E-state index in [1.165, 1.54) is 0 Å². The second-order valence-corrected chi connectivity index (χ2v) is 9.61. The predicted octanol–water partition coefficient (Wildman–Crippen LogP) is 4.12. The van der Waals surface area contributed by atoms with E-state index in [1.807, 2.05) is 0 Å². The van der Waals surface area contributed by atoms with Crippen LogP contribution in [-0.4, -0.2) is 33.8 Å². The van der Waals surface area contributed by atoms with Crippen molar-refractivity contribution in [2.75, 3.05) is 6.61 Å². The van der Waals surface area contributed by atoms with E-state index in [1.54, 1.807) is 27.7 Å². The van der Waals surface area contributed by atoms with Crippen LogP contribution >= 0.6 is 0 Å². The third-order valence-corrected chi connectivity index (χ3v) is 6.03. The molecule has 1 fully saturated rings. The summed E-state index contributed by atoms with van der Waals surface area (Å²) in [5.74, 6) is -2.18. The molecular formula is C17H30F3NO3S. The molecule has 1 aliphatic carbocycles. The lowest BCUT2D eigenvalue weighted by molar-refractivity contribution is -0.180. The highest BCUT2D eigenvalue weighted by Gasteiger charge is 2.50. The average molecular weight is 385 g/mol. The molecule has 0 heterocycles. The number of ether oxygens (including phenoxy) is 1. The molecule has 0 aromatic rings. The van der Waals surface area contributed by atoms with Gasteiger partial charge in [0.1, 0.15) is 6.04 Å². The molecule has 0 amide bonds. The maximum atomic E-state index is 13.7. The molecule has 25 heavy (non-hydrogen) atoms. The van der Waals surface area contributed by atoms with Gasteiger partial charge in [0.2, 0.25) is 0 Å². The number of alkyl halides is 3. The monoisotopic (exact) mass is 385 g/mol. The Morgan fingerprint density at radius 3 is 2.20 bits per heavy atom. The van der Waals surface area contributed by atoms with Gasteiger partial charge in [-0.1, -0.05) is 32.1 Å². The minimum atomic E-state index is -4.69. The number of halogens is 3. The second kappa shape index (κ2) is 9.35. The molecule has 1 saturated carbocycles. The van der Waals surface area contributed by atoms with Gasteiger partial charge < -0.3 is 4.74 Å². The molecule has 8 heteroatoms. The summed E-state index contributed by atoms with van der Waals surface area (Å²) in [7, 11) is -1.94. The number of carbonyl (C=O) groups excluding carboxylic acids is 1. The fourth-order valence-electron chi connectivity index (χ4n) is 3.07. The Morgan fingerprint density at radius 2 is 1.76 bits per heavy atom. The molecule has 4 nitrogen and oxygen atoms in total. The van der Waals surface area contributed by atoms with E-state index < -0.39 is 39.8 Å². The summed E-state index contributed by atoms with van der Waals surface area (Å²) in [5.41, 5.74) is 0. The number of rotatable bonds is 7. The van der Waals surface area contributed by atoms with Gasteiger partial charge in [-0.25, -0.2) is 8.93 Å². The molecule has 0 unspecified atom stereocenters. The van der Waals surface area contributed by atoms with Gasteiger partial charge in [-0.2, -0.15) is 13.2 Å². The van der Waals surface area contributed by atoms with Crippen LogP contribution in [0.4, 0.5) is 13.2 Å². The molecule has 3 atom stereocenters. The zero-order valence-corrected chi connectivity index (χ0v) is 16.3. The first-order chi connectivity index (χ1) is 11.5. The smallest absolute Gasteiger partial charge is 0.405 e. The van der Waals surface area contributed by atoms with Gasteiger partial charge in [-0.15, -0.1) is 0 Å². The maximum Gasteiger partial charge on any atom is 0.405 e.